The third-order valence-electron chi connectivity index (χ3n) is 4.16. The van der Waals surface area contributed by atoms with Crippen LogP contribution in [0.25, 0.3) is 0 Å². The minimum absolute atomic E-state index is 0.602. The lowest BCUT2D eigenvalue weighted by molar-refractivity contribution is 0.159. The maximum atomic E-state index is 3.46. The van der Waals surface area contributed by atoms with Gasteiger partial charge in [-0.15, -0.1) is 0 Å². The summed E-state index contributed by atoms with van der Waals surface area (Å²) in [7, 11) is 0. The van der Waals surface area contributed by atoms with Crippen molar-refractivity contribution in [3.63, 3.8) is 0 Å². The zero-order chi connectivity index (χ0) is 13.7. The van der Waals surface area contributed by atoms with Crippen LogP contribution in [-0.2, 0) is 0 Å². The van der Waals surface area contributed by atoms with Crippen molar-refractivity contribution in [3.8, 4) is 0 Å². The Morgan fingerprint density at radius 2 is 1.79 bits per heavy atom. The second-order valence-corrected chi connectivity index (χ2v) is 6.13. The molecule has 0 bridgehead atoms. The van der Waals surface area contributed by atoms with Crippen LogP contribution in [0.3, 0.4) is 0 Å². The SMILES string of the molecule is Cc1ccccc1[C@H](CCC(C)C)N1CCNCC1. The van der Waals surface area contributed by atoms with Gasteiger partial charge in [-0.3, -0.25) is 4.90 Å². The van der Waals surface area contributed by atoms with E-state index in [2.05, 4.69) is 55.3 Å². The fraction of sp³-hybridized carbons (Fsp3) is 0.647. The zero-order valence-electron chi connectivity index (χ0n) is 12.7. The van der Waals surface area contributed by atoms with Gasteiger partial charge in [-0.05, 0) is 36.8 Å². The summed E-state index contributed by atoms with van der Waals surface area (Å²) >= 11 is 0. The Morgan fingerprint density at radius 3 is 2.42 bits per heavy atom. The summed E-state index contributed by atoms with van der Waals surface area (Å²) in [5.41, 5.74) is 2.97. The first-order valence-corrected chi connectivity index (χ1v) is 7.68. The molecule has 2 heteroatoms. The van der Waals surface area contributed by atoms with Crippen LogP contribution in [0.1, 0.15) is 43.9 Å². The lowest BCUT2D eigenvalue weighted by Gasteiger charge is -2.36. The van der Waals surface area contributed by atoms with Crippen LogP contribution in [-0.4, -0.2) is 31.1 Å². The van der Waals surface area contributed by atoms with Gasteiger partial charge in [0.05, 0.1) is 0 Å². The molecule has 0 radical (unpaired) electrons. The molecule has 0 aromatic heterocycles. The molecule has 1 atom stereocenters. The monoisotopic (exact) mass is 260 g/mol. The van der Waals surface area contributed by atoms with E-state index in [1.165, 1.54) is 37.1 Å². The van der Waals surface area contributed by atoms with E-state index in [4.69, 9.17) is 0 Å². The second kappa shape index (κ2) is 7.06. The van der Waals surface area contributed by atoms with E-state index in [1.807, 2.05) is 0 Å². The van der Waals surface area contributed by atoms with Gasteiger partial charge in [0.2, 0.25) is 0 Å². The van der Waals surface area contributed by atoms with Crippen LogP contribution in [0, 0.1) is 12.8 Å². The maximum absolute atomic E-state index is 3.46. The summed E-state index contributed by atoms with van der Waals surface area (Å²) in [5, 5.41) is 3.46. The molecule has 1 aliphatic rings. The van der Waals surface area contributed by atoms with Gasteiger partial charge in [0.25, 0.3) is 0 Å². The highest BCUT2D eigenvalue weighted by Gasteiger charge is 2.23. The van der Waals surface area contributed by atoms with E-state index in [0.717, 1.165) is 19.0 Å². The lowest BCUT2D eigenvalue weighted by Crippen LogP contribution is -2.45. The average molecular weight is 260 g/mol. The number of piperazine rings is 1. The Hall–Kier alpha value is -0.860. The topological polar surface area (TPSA) is 15.3 Å². The van der Waals surface area contributed by atoms with Gasteiger partial charge in [0.15, 0.2) is 0 Å². The molecule has 2 nitrogen and oxygen atoms in total. The Balaban J connectivity index is 2.15. The van der Waals surface area contributed by atoms with Crippen molar-refractivity contribution >= 4 is 0 Å². The smallest absolute Gasteiger partial charge is 0.0351 e. The number of hydrogen-bond donors (Lipinski definition) is 1. The van der Waals surface area contributed by atoms with Crippen LogP contribution in [0.5, 0.6) is 0 Å². The summed E-state index contributed by atoms with van der Waals surface area (Å²) < 4.78 is 0. The first kappa shape index (κ1) is 14.5. The Kier molecular flexibility index (Phi) is 5.41. The van der Waals surface area contributed by atoms with Crippen LogP contribution in [0.2, 0.25) is 0 Å². The standard InChI is InChI=1S/C17H28N2/c1-14(2)8-9-17(19-12-10-18-11-13-19)16-7-5-4-6-15(16)3/h4-7,14,17-18H,8-13H2,1-3H3/t17-/m0/s1. The largest absolute Gasteiger partial charge is 0.314 e. The fourth-order valence-corrected chi connectivity index (χ4v) is 2.98. The van der Waals surface area contributed by atoms with Gasteiger partial charge >= 0.3 is 0 Å². The summed E-state index contributed by atoms with van der Waals surface area (Å²) in [6, 6.07) is 9.51. The number of benzene rings is 1. The van der Waals surface area contributed by atoms with Crippen molar-refractivity contribution < 1.29 is 0 Å². The molecule has 2 rings (SSSR count). The van der Waals surface area contributed by atoms with Crippen LogP contribution >= 0.6 is 0 Å². The molecule has 0 aliphatic carbocycles. The average Bonchev–Trinajstić information content (AvgIpc) is 2.42. The van der Waals surface area contributed by atoms with Crippen molar-refractivity contribution in [3.05, 3.63) is 35.4 Å². The molecular formula is C17H28N2. The predicted molar refractivity (Wildman–Crippen MR) is 82.4 cm³/mol. The molecule has 1 heterocycles. The van der Waals surface area contributed by atoms with E-state index in [-0.39, 0.29) is 0 Å². The molecule has 19 heavy (non-hydrogen) atoms. The van der Waals surface area contributed by atoms with Crippen molar-refractivity contribution in [2.45, 2.75) is 39.7 Å². The molecular weight excluding hydrogens is 232 g/mol. The normalized spacial score (nSPS) is 18.7. The fourth-order valence-electron chi connectivity index (χ4n) is 2.98. The van der Waals surface area contributed by atoms with E-state index in [9.17, 15) is 0 Å². The van der Waals surface area contributed by atoms with Crippen molar-refractivity contribution in [1.82, 2.24) is 10.2 Å². The van der Waals surface area contributed by atoms with Gasteiger partial charge in [-0.25, -0.2) is 0 Å². The zero-order valence-corrected chi connectivity index (χ0v) is 12.7. The van der Waals surface area contributed by atoms with Gasteiger partial charge in [0, 0.05) is 32.2 Å². The molecule has 1 fully saturated rings. The highest BCUT2D eigenvalue weighted by molar-refractivity contribution is 5.29. The highest BCUT2D eigenvalue weighted by atomic mass is 15.2. The number of hydrogen-bond acceptors (Lipinski definition) is 2. The third-order valence-corrected chi connectivity index (χ3v) is 4.16. The number of aryl methyl sites for hydroxylation is 1. The number of rotatable bonds is 5. The van der Waals surface area contributed by atoms with Gasteiger partial charge in [-0.2, -0.15) is 0 Å². The summed E-state index contributed by atoms with van der Waals surface area (Å²) in [6.07, 6.45) is 2.59. The van der Waals surface area contributed by atoms with E-state index in [1.54, 1.807) is 0 Å². The second-order valence-electron chi connectivity index (χ2n) is 6.13. The summed E-state index contributed by atoms with van der Waals surface area (Å²) in [5.74, 6) is 0.787. The molecule has 0 unspecified atom stereocenters. The molecule has 0 saturated carbocycles. The molecule has 1 aromatic rings. The Labute approximate surface area is 118 Å². The molecule has 106 valence electrons. The third kappa shape index (κ3) is 4.05. The molecule has 1 aromatic carbocycles. The number of nitrogens with zero attached hydrogens (tertiary/aromatic N) is 1. The van der Waals surface area contributed by atoms with E-state index in [0.29, 0.717) is 6.04 Å². The Bertz CT molecular complexity index is 381. The van der Waals surface area contributed by atoms with Crippen LogP contribution in [0.4, 0.5) is 0 Å². The predicted octanol–water partition coefficient (Wildman–Crippen LogP) is 3.38. The molecule has 1 saturated heterocycles. The van der Waals surface area contributed by atoms with E-state index < -0.39 is 0 Å². The summed E-state index contributed by atoms with van der Waals surface area (Å²) in [4.78, 5) is 2.67. The maximum Gasteiger partial charge on any atom is 0.0351 e. The van der Waals surface area contributed by atoms with Crippen LogP contribution < -0.4 is 5.32 Å². The first-order valence-electron chi connectivity index (χ1n) is 7.68. The van der Waals surface area contributed by atoms with Crippen molar-refractivity contribution in [2.24, 2.45) is 5.92 Å². The molecule has 0 amide bonds. The number of nitrogens with one attached hydrogen (secondary N) is 1. The molecule has 0 spiro atoms. The van der Waals surface area contributed by atoms with Gasteiger partial charge in [-0.1, -0.05) is 38.1 Å². The molecule has 1 N–H and O–H groups in total. The highest BCUT2D eigenvalue weighted by Crippen LogP contribution is 2.29. The summed E-state index contributed by atoms with van der Waals surface area (Å²) in [6.45, 7) is 11.5. The van der Waals surface area contributed by atoms with E-state index >= 15 is 0 Å². The van der Waals surface area contributed by atoms with Crippen molar-refractivity contribution in [1.29, 1.82) is 0 Å². The van der Waals surface area contributed by atoms with Crippen LogP contribution in [0.15, 0.2) is 24.3 Å². The first-order chi connectivity index (χ1) is 9.18. The Morgan fingerprint density at radius 1 is 1.11 bits per heavy atom. The van der Waals surface area contributed by atoms with Gasteiger partial charge < -0.3 is 5.32 Å². The minimum atomic E-state index is 0.602. The molecule has 1 aliphatic heterocycles. The van der Waals surface area contributed by atoms with Crippen molar-refractivity contribution in [2.75, 3.05) is 26.2 Å². The lowest BCUT2D eigenvalue weighted by atomic mass is 9.93. The van der Waals surface area contributed by atoms with Gasteiger partial charge in [0.1, 0.15) is 0 Å². The minimum Gasteiger partial charge on any atom is -0.314 e. The quantitative estimate of drug-likeness (QED) is 0.873.